The van der Waals surface area contributed by atoms with Crippen LogP contribution in [0.2, 0.25) is 0 Å². The quantitative estimate of drug-likeness (QED) is 0.184. The van der Waals surface area contributed by atoms with Crippen LogP contribution >= 0.6 is 11.3 Å². The number of aryl methyl sites for hydroxylation is 1. The van der Waals surface area contributed by atoms with Crippen molar-refractivity contribution in [3.63, 3.8) is 0 Å². The number of anilines is 4. The van der Waals surface area contributed by atoms with Crippen LogP contribution in [0.3, 0.4) is 0 Å². The predicted octanol–water partition coefficient (Wildman–Crippen LogP) is 7.86. The molecule has 9 nitrogen and oxygen atoms in total. The van der Waals surface area contributed by atoms with Gasteiger partial charge in [0.25, 0.3) is 17.7 Å². The number of halogens is 3. The summed E-state index contributed by atoms with van der Waals surface area (Å²) in [5, 5.41) is 5.20. The third-order valence-electron chi connectivity index (χ3n) is 10.1. The van der Waals surface area contributed by atoms with E-state index in [0.29, 0.717) is 53.4 Å². The van der Waals surface area contributed by atoms with Gasteiger partial charge in [-0.3, -0.25) is 14.4 Å². The fraction of sp³-hybridized carbons (Fsp3) is 0.250. The Balaban J connectivity index is 0.973. The van der Waals surface area contributed by atoms with Gasteiger partial charge in [-0.15, -0.1) is 11.3 Å². The average Bonchev–Trinajstić information content (AvgIpc) is 3.50. The molecular formula is C40H34F3N5O4S. The molecule has 3 amide bonds. The third-order valence-corrected chi connectivity index (χ3v) is 11.3. The number of aromatic nitrogens is 1. The van der Waals surface area contributed by atoms with Crippen LogP contribution in [0.1, 0.15) is 54.5 Å². The van der Waals surface area contributed by atoms with Crippen LogP contribution in [0.5, 0.6) is 0 Å². The van der Waals surface area contributed by atoms with E-state index in [4.69, 9.17) is 9.72 Å². The highest BCUT2D eigenvalue weighted by Gasteiger charge is 2.45. The van der Waals surface area contributed by atoms with Gasteiger partial charge in [-0.25, -0.2) is 18.2 Å². The molecule has 2 saturated heterocycles. The Morgan fingerprint density at radius 1 is 0.868 bits per heavy atom. The Morgan fingerprint density at radius 2 is 1.58 bits per heavy atom. The number of pyridine rings is 1. The minimum Gasteiger partial charge on any atom is -0.381 e. The van der Waals surface area contributed by atoms with Crippen molar-refractivity contribution in [2.75, 3.05) is 53.3 Å². The van der Waals surface area contributed by atoms with Gasteiger partial charge in [0.05, 0.1) is 16.1 Å². The molecule has 0 bridgehead atoms. The van der Waals surface area contributed by atoms with E-state index >= 15 is 0 Å². The van der Waals surface area contributed by atoms with Gasteiger partial charge in [0, 0.05) is 77.8 Å². The van der Waals surface area contributed by atoms with E-state index in [2.05, 4.69) is 15.5 Å². The molecule has 1 spiro atoms. The molecular weight excluding hydrogens is 704 g/mol. The summed E-state index contributed by atoms with van der Waals surface area (Å²) in [7, 11) is 0. The van der Waals surface area contributed by atoms with Crippen LogP contribution in [-0.2, 0) is 11.2 Å². The van der Waals surface area contributed by atoms with E-state index in [1.165, 1.54) is 0 Å². The minimum atomic E-state index is -1.22. The molecule has 0 aliphatic carbocycles. The lowest BCUT2D eigenvalue weighted by Crippen LogP contribution is -2.59. The van der Waals surface area contributed by atoms with Crippen LogP contribution in [0.4, 0.5) is 36.1 Å². The Labute approximate surface area is 307 Å². The molecule has 2 N–H and O–H groups in total. The van der Waals surface area contributed by atoms with Gasteiger partial charge in [0.2, 0.25) is 0 Å². The van der Waals surface area contributed by atoms with Gasteiger partial charge in [-0.05, 0) is 80.3 Å². The highest BCUT2D eigenvalue weighted by Crippen LogP contribution is 2.44. The van der Waals surface area contributed by atoms with Crippen LogP contribution in [0, 0.1) is 29.8 Å². The fourth-order valence-corrected chi connectivity index (χ4v) is 8.44. The van der Waals surface area contributed by atoms with Gasteiger partial charge in [-0.1, -0.05) is 18.2 Å². The first-order chi connectivity index (χ1) is 25.6. The molecule has 2 aromatic heterocycles. The monoisotopic (exact) mass is 737 g/mol. The molecule has 3 aliphatic heterocycles. The van der Waals surface area contributed by atoms with E-state index in [-0.39, 0.29) is 22.1 Å². The SMILES string of the molecule is Cc1ccc(C(=O)Nc2ccc(C(=O)N3CCc4cc(C(=O)Nc5c(F)cc(F)cc5F)sc4-c4ccccc43)cc2)c(N2CC3(CCOCC3)C2)n1. The first kappa shape index (κ1) is 34.6. The molecule has 5 heterocycles. The van der Waals surface area contributed by atoms with Crippen molar-refractivity contribution in [1.82, 2.24) is 4.98 Å². The first-order valence-corrected chi connectivity index (χ1v) is 18.1. The Morgan fingerprint density at radius 3 is 2.32 bits per heavy atom. The zero-order chi connectivity index (χ0) is 36.9. The zero-order valence-electron chi connectivity index (χ0n) is 28.7. The molecule has 53 heavy (non-hydrogen) atoms. The molecule has 13 heteroatoms. The summed E-state index contributed by atoms with van der Waals surface area (Å²) in [4.78, 5) is 50.1. The number of carbonyl (C=O) groups is 3. The number of hydrogen-bond donors (Lipinski definition) is 2. The Bertz CT molecular complexity index is 2240. The lowest BCUT2D eigenvalue weighted by atomic mass is 9.73. The molecule has 8 rings (SSSR count). The van der Waals surface area contributed by atoms with E-state index < -0.39 is 29.0 Å². The summed E-state index contributed by atoms with van der Waals surface area (Å²) in [6, 6.07) is 20.4. The van der Waals surface area contributed by atoms with E-state index in [1.54, 1.807) is 41.3 Å². The van der Waals surface area contributed by atoms with Gasteiger partial charge < -0.3 is 25.2 Å². The van der Waals surface area contributed by atoms with Crippen molar-refractivity contribution in [1.29, 1.82) is 0 Å². The van der Waals surface area contributed by atoms with Gasteiger partial charge in [0.15, 0.2) is 11.6 Å². The third kappa shape index (κ3) is 6.66. The normalized spacial score (nSPS) is 15.9. The summed E-state index contributed by atoms with van der Waals surface area (Å²) in [6.07, 6.45) is 2.42. The van der Waals surface area contributed by atoms with Crippen LogP contribution in [0.25, 0.3) is 10.4 Å². The smallest absolute Gasteiger partial charge is 0.265 e. The highest BCUT2D eigenvalue weighted by molar-refractivity contribution is 7.17. The fourth-order valence-electron chi connectivity index (χ4n) is 7.30. The number of para-hydroxylation sites is 1. The first-order valence-electron chi connectivity index (χ1n) is 17.3. The van der Waals surface area contributed by atoms with Crippen molar-refractivity contribution in [2.24, 2.45) is 5.41 Å². The number of amides is 3. The number of thiophene rings is 1. The van der Waals surface area contributed by atoms with Crippen LogP contribution in [-0.4, -0.2) is 55.6 Å². The van der Waals surface area contributed by atoms with Crippen molar-refractivity contribution in [2.45, 2.75) is 26.2 Å². The van der Waals surface area contributed by atoms with Crippen molar-refractivity contribution < 1.29 is 32.3 Å². The van der Waals surface area contributed by atoms with Crippen molar-refractivity contribution in [3.05, 3.63) is 124 Å². The summed E-state index contributed by atoms with van der Waals surface area (Å²) < 4.78 is 47.4. The number of fused-ring (bicyclic) bond motifs is 3. The van der Waals surface area contributed by atoms with E-state index in [1.807, 2.05) is 37.3 Å². The second-order valence-electron chi connectivity index (χ2n) is 13.7. The van der Waals surface area contributed by atoms with Gasteiger partial charge in [0.1, 0.15) is 17.3 Å². The molecule has 3 aromatic carbocycles. The van der Waals surface area contributed by atoms with Crippen LogP contribution < -0.4 is 20.4 Å². The number of hydrogen-bond acceptors (Lipinski definition) is 7. The predicted molar refractivity (Wildman–Crippen MR) is 197 cm³/mol. The zero-order valence-corrected chi connectivity index (χ0v) is 29.5. The molecule has 270 valence electrons. The molecule has 2 fully saturated rings. The van der Waals surface area contributed by atoms with Crippen molar-refractivity contribution >= 4 is 51.9 Å². The summed E-state index contributed by atoms with van der Waals surface area (Å²) in [5.74, 6) is -4.11. The molecule has 5 aromatic rings. The molecule has 0 atom stereocenters. The van der Waals surface area contributed by atoms with E-state index in [9.17, 15) is 27.6 Å². The summed E-state index contributed by atoms with van der Waals surface area (Å²) >= 11 is 1.14. The minimum absolute atomic E-state index is 0.215. The second-order valence-corrected chi connectivity index (χ2v) is 14.8. The molecule has 0 radical (unpaired) electrons. The van der Waals surface area contributed by atoms with Crippen molar-refractivity contribution in [3.8, 4) is 10.4 Å². The van der Waals surface area contributed by atoms with Crippen LogP contribution in [0.15, 0.2) is 78.9 Å². The standard InChI is InChI=1S/C40H34F3N5O4S/c1-23-6-11-29(36(44-23)47-21-40(22-47)13-16-52-17-14-40)37(49)45-27-9-7-24(8-10-27)39(51)48-15-12-25-18-33(53-35(25)28-4-2-3-5-32(28)48)38(50)46-34-30(42)19-26(41)20-31(34)43/h2-11,18-20H,12-17,21-22H2,1H3,(H,45,49)(H,46,50). The van der Waals surface area contributed by atoms with E-state index in [0.717, 1.165) is 72.2 Å². The molecule has 3 aliphatic rings. The maximum Gasteiger partial charge on any atom is 0.265 e. The number of ether oxygens (including phenoxy) is 1. The number of carbonyl (C=O) groups excluding carboxylic acids is 3. The topological polar surface area (TPSA) is 104 Å². The highest BCUT2D eigenvalue weighted by atomic mass is 32.1. The van der Waals surface area contributed by atoms with Gasteiger partial charge >= 0.3 is 0 Å². The lowest BCUT2D eigenvalue weighted by molar-refractivity contribution is -0.000519. The summed E-state index contributed by atoms with van der Waals surface area (Å²) in [6.45, 7) is 5.41. The largest absolute Gasteiger partial charge is 0.381 e. The summed E-state index contributed by atoms with van der Waals surface area (Å²) in [5.41, 5.74) is 3.94. The maximum absolute atomic E-state index is 14.2. The molecule has 0 saturated carbocycles. The number of benzene rings is 3. The number of nitrogens with zero attached hydrogens (tertiary/aromatic N) is 3. The molecule has 0 unspecified atom stereocenters. The number of rotatable bonds is 6. The average molecular weight is 738 g/mol. The number of nitrogens with one attached hydrogen (secondary N) is 2. The lowest BCUT2D eigenvalue weighted by Gasteiger charge is -2.53. The Kier molecular flexibility index (Phi) is 8.99. The second kappa shape index (κ2) is 13.8. The van der Waals surface area contributed by atoms with Gasteiger partial charge in [-0.2, -0.15) is 0 Å². The maximum atomic E-state index is 14.2. The Hall–Kier alpha value is -5.53.